The molecule has 2 N–H and O–H groups in total. The van der Waals surface area contributed by atoms with Crippen LogP contribution in [0.3, 0.4) is 0 Å². The minimum Gasteiger partial charge on any atom is -0.486 e. The lowest BCUT2D eigenvalue weighted by Gasteiger charge is -2.37. The third kappa shape index (κ3) is 6.40. The summed E-state index contributed by atoms with van der Waals surface area (Å²) < 4.78 is 79.9. The summed E-state index contributed by atoms with van der Waals surface area (Å²) >= 11 is 6.19. The van der Waals surface area contributed by atoms with E-state index in [2.05, 4.69) is 15.2 Å². The van der Waals surface area contributed by atoms with Gasteiger partial charge in [0.2, 0.25) is 5.60 Å². The van der Waals surface area contributed by atoms with Crippen LogP contribution in [0.2, 0.25) is 5.15 Å². The molecule has 3 rings (SSSR count). The van der Waals surface area contributed by atoms with Gasteiger partial charge in [0.1, 0.15) is 16.7 Å². The number of nitrogens with zero attached hydrogens (tertiary/aromatic N) is 3. The van der Waals surface area contributed by atoms with Gasteiger partial charge in [0.25, 0.3) is 10.0 Å². The Morgan fingerprint density at radius 2 is 1.88 bits per heavy atom. The number of halogens is 4. The molecule has 0 unspecified atom stereocenters. The summed E-state index contributed by atoms with van der Waals surface area (Å²) in [5, 5.41) is 15.5. The van der Waals surface area contributed by atoms with Crippen molar-refractivity contribution in [1.29, 1.82) is 0 Å². The zero-order valence-electron chi connectivity index (χ0n) is 22.5. The van der Waals surface area contributed by atoms with E-state index < -0.39 is 45.4 Å². The van der Waals surface area contributed by atoms with Crippen molar-refractivity contribution in [1.82, 2.24) is 9.78 Å². The second-order valence-electron chi connectivity index (χ2n) is 10.7. The summed E-state index contributed by atoms with van der Waals surface area (Å²) in [6, 6.07) is 3.56. The van der Waals surface area contributed by atoms with Crippen molar-refractivity contribution in [3.63, 3.8) is 0 Å². The smallest absolute Gasteiger partial charge is 0.427 e. The molecule has 222 valence electrons. The van der Waals surface area contributed by atoms with Gasteiger partial charge in [0.15, 0.2) is 5.15 Å². The van der Waals surface area contributed by atoms with Crippen molar-refractivity contribution in [2.75, 3.05) is 16.2 Å². The Morgan fingerprint density at radius 1 is 1.25 bits per heavy atom. The molecule has 0 aliphatic carbocycles. The number of hydrogen-bond acceptors (Lipinski definition) is 7. The molecule has 1 atom stereocenters. The predicted octanol–water partition coefficient (Wildman–Crippen LogP) is 5.46. The van der Waals surface area contributed by atoms with Crippen LogP contribution in [0.25, 0.3) is 0 Å². The number of benzene rings is 1. The number of amides is 1. The number of sulfonamides is 1. The number of ether oxygens (including phenoxy) is 2. The van der Waals surface area contributed by atoms with Crippen LogP contribution >= 0.6 is 11.6 Å². The van der Waals surface area contributed by atoms with E-state index in [-0.39, 0.29) is 46.2 Å². The second-order valence-corrected chi connectivity index (χ2v) is 12.9. The third-order valence-electron chi connectivity index (χ3n) is 6.24. The number of carbonyl (C=O) groups is 2. The molecule has 1 aromatic heterocycles. The van der Waals surface area contributed by atoms with E-state index in [1.54, 1.807) is 13.8 Å². The molecule has 11 nitrogen and oxygen atoms in total. The van der Waals surface area contributed by atoms with Crippen LogP contribution in [0.4, 0.5) is 29.3 Å². The van der Waals surface area contributed by atoms with Crippen LogP contribution in [-0.4, -0.2) is 59.8 Å². The van der Waals surface area contributed by atoms with Crippen molar-refractivity contribution < 1.29 is 45.8 Å². The first-order valence-corrected chi connectivity index (χ1v) is 13.9. The lowest BCUT2D eigenvalue weighted by molar-refractivity contribution is -0.242. The van der Waals surface area contributed by atoms with E-state index >= 15 is 0 Å². The van der Waals surface area contributed by atoms with Crippen molar-refractivity contribution in [2.24, 2.45) is 5.41 Å². The van der Waals surface area contributed by atoms with E-state index in [4.69, 9.17) is 16.3 Å². The molecule has 0 fully saturated rings. The van der Waals surface area contributed by atoms with Gasteiger partial charge in [0.05, 0.1) is 17.6 Å². The zero-order valence-corrected chi connectivity index (χ0v) is 24.1. The van der Waals surface area contributed by atoms with Crippen LogP contribution in [0.1, 0.15) is 54.0 Å². The number of nitrogens with one attached hydrogen (secondary N) is 1. The Hall–Kier alpha value is -3.20. The number of carboxylic acid groups (broad SMARTS) is 1. The van der Waals surface area contributed by atoms with Crippen LogP contribution in [-0.2, 0) is 19.6 Å². The van der Waals surface area contributed by atoms with Gasteiger partial charge in [-0.2, -0.15) is 18.3 Å². The van der Waals surface area contributed by atoms with Gasteiger partial charge in [-0.25, -0.2) is 13.2 Å². The summed E-state index contributed by atoms with van der Waals surface area (Å²) in [5.74, 6) is -1.08. The number of alkyl halides is 3. The molecule has 2 aromatic rings. The summed E-state index contributed by atoms with van der Waals surface area (Å²) in [4.78, 5) is 23.6. The largest absolute Gasteiger partial charge is 0.486 e. The highest BCUT2D eigenvalue weighted by Crippen LogP contribution is 2.42. The normalized spacial score (nSPS) is 16.4. The summed E-state index contributed by atoms with van der Waals surface area (Å²) in [6.07, 6.45) is -5.96. The van der Waals surface area contributed by atoms with Crippen LogP contribution in [0, 0.1) is 5.41 Å². The Balaban J connectivity index is 2.04. The number of fused-ring (bicyclic) bond motifs is 1. The monoisotopic (exact) mass is 610 g/mol. The van der Waals surface area contributed by atoms with E-state index in [1.807, 2.05) is 0 Å². The minimum absolute atomic E-state index is 0.0305. The number of carboxylic acids is 1. The highest BCUT2D eigenvalue weighted by molar-refractivity contribution is 7.93. The molecule has 1 aliphatic rings. The summed E-state index contributed by atoms with van der Waals surface area (Å²) in [7, 11) is -4.42. The molecule has 0 bridgehead atoms. The average Bonchev–Trinajstić information content (AvgIpc) is 3.20. The lowest BCUT2D eigenvalue weighted by Crippen LogP contribution is -2.46. The molecule has 40 heavy (non-hydrogen) atoms. The van der Waals surface area contributed by atoms with Crippen molar-refractivity contribution in [3.8, 4) is 5.75 Å². The first-order valence-electron chi connectivity index (χ1n) is 12.0. The van der Waals surface area contributed by atoms with Gasteiger partial charge >= 0.3 is 18.2 Å². The maximum Gasteiger partial charge on any atom is 0.427 e. The average molecular weight is 611 g/mol. The standard InChI is InChI=1S/C24H30ClF3N4O7S/c1-13(2)31-12-18(19(25)30-31)40(36,37)32-11-15(10-22(3,4)20(33)34)38-17-8-7-14(9-16(17)32)29-21(35)39-23(5,6)24(26,27)28/h7-9,12-13,15H,10-11H2,1-6H3,(H,29,35)(H,33,34)/t15-/m0/s1. The lowest BCUT2D eigenvalue weighted by atomic mass is 9.86. The Morgan fingerprint density at radius 3 is 2.40 bits per heavy atom. The molecule has 0 saturated heterocycles. The number of hydrogen-bond donors (Lipinski definition) is 2. The van der Waals surface area contributed by atoms with Gasteiger partial charge in [-0.1, -0.05) is 11.6 Å². The topological polar surface area (TPSA) is 140 Å². The highest BCUT2D eigenvalue weighted by atomic mass is 35.5. The molecule has 0 saturated carbocycles. The van der Waals surface area contributed by atoms with Crippen LogP contribution in [0.15, 0.2) is 29.3 Å². The van der Waals surface area contributed by atoms with Crippen molar-refractivity contribution in [2.45, 2.75) is 76.8 Å². The van der Waals surface area contributed by atoms with E-state index in [0.29, 0.717) is 13.8 Å². The van der Waals surface area contributed by atoms with Crippen molar-refractivity contribution in [3.05, 3.63) is 29.5 Å². The minimum atomic E-state index is -4.84. The van der Waals surface area contributed by atoms with Gasteiger partial charge in [-0.05, 0) is 59.7 Å². The second kappa shape index (κ2) is 10.7. The Bertz CT molecular complexity index is 1410. The molecule has 1 amide bonds. The molecule has 16 heteroatoms. The number of anilines is 2. The van der Waals surface area contributed by atoms with Gasteiger partial charge < -0.3 is 14.6 Å². The molecule has 1 aromatic carbocycles. The Labute approximate surface area is 234 Å². The van der Waals surface area contributed by atoms with E-state index in [9.17, 15) is 36.3 Å². The van der Waals surface area contributed by atoms with Crippen molar-refractivity contribution >= 4 is 45.1 Å². The van der Waals surface area contributed by atoms with E-state index in [0.717, 1.165) is 4.31 Å². The molecule has 2 heterocycles. The fourth-order valence-electron chi connectivity index (χ4n) is 3.72. The molecule has 1 aliphatic heterocycles. The fourth-order valence-corrected chi connectivity index (χ4v) is 5.65. The first kappa shape index (κ1) is 31.3. The third-order valence-corrected chi connectivity index (χ3v) is 8.41. The van der Waals surface area contributed by atoms with Gasteiger partial charge in [-0.15, -0.1) is 0 Å². The first-order chi connectivity index (χ1) is 18.2. The van der Waals surface area contributed by atoms with Gasteiger partial charge in [-0.3, -0.25) is 19.1 Å². The quantitative estimate of drug-likeness (QED) is 0.401. The zero-order chi connectivity index (χ0) is 30.4. The highest BCUT2D eigenvalue weighted by Gasteiger charge is 2.51. The number of aromatic nitrogens is 2. The molecule has 0 spiro atoms. The van der Waals surface area contributed by atoms with E-state index in [1.165, 1.54) is 42.9 Å². The molecular weight excluding hydrogens is 581 g/mol. The van der Waals surface area contributed by atoms with Crippen LogP contribution in [0.5, 0.6) is 5.75 Å². The Kier molecular flexibility index (Phi) is 8.34. The fraction of sp³-hybridized carbons (Fsp3) is 0.542. The van der Waals surface area contributed by atoms with Gasteiger partial charge in [0, 0.05) is 24.3 Å². The SMILES string of the molecule is CC(C)n1cc(S(=O)(=O)N2C[C@H](CC(C)(C)C(=O)O)Oc3ccc(NC(=O)OC(C)(C)C(F)(F)F)cc32)c(Cl)n1. The maximum atomic E-state index is 13.9. The number of rotatable bonds is 8. The predicted molar refractivity (Wildman–Crippen MR) is 139 cm³/mol. The maximum absolute atomic E-state index is 13.9. The van der Waals surface area contributed by atoms with Crippen LogP contribution < -0.4 is 14.4 Å². The number of aliphatic carboxylic acids is 1. The summed E-state index contributed by atoms with van der Waals surface area (Å²) in [5.41, 5.74) is -4.21. The molecule has 0 radical (unpaired) electrons. The summed E-state index contributed by atoms with van der Waals surface area (Å²) in [6.45, 7) is 7.51. The number of carbonyl (C=O) groups excluding carboxylic acids is 1. The molecular formula is C24H30ClF3N4O7S.